The van der Waals surface area contributed by atoms with E-state index >= 15 is 0 Å². The zero-order valence-electron chi connectivity index (χ0n) is 16.8. The van der Waals surface area contributed by atoms with Crippen LogP contribution in [0, 0.1) is 6.92 Å². The maximum absolute atomic E-state index is 13.6. The summed E-state index contributed by atoms with van der Waals surface area (Å²) in [6.45, 7) is 1.94. The predicted molar refractivity (Wildman–Crippen MR) is 117 cm³/mol. The van der Waals surface area contributed by atoms with Gasteiger partial charge < -0.3 is 5.32 Å². The summed E-state index contributed by atoms with van der Waals surface area (Å²) in [5, 5.41) is 8.77. The maximum atomic E-state index is 13.6. The van der Waals surface area contributed by atoms with Crippen LogP contribution in [0.1, 0.15) is 53.3 Å². The zero-order chi connectivity index (χ0) is 20.9. The molecule has 1 aliphatic rings. The smallest absolute Gasteiger partial charge is 0.280 e. The van der Waals surface area contributed by atoms with E-state index in [0.717, 1.165) is 48.3 Å². The van der Waals surface area contributed by atoms with Crippen molar-refractivity contribution in [2.24, 2.45) is 0 Å². The van der Waals surface area contributed by atoms with E-state index in [1.165, 1.54) is 0 Å². The van der Waals surface area contributed by atoms with E-state index in [1.54, 1.807) is 10.3 Å². The van der Waals surface area contributed by atoms with Crippen molar-refractivity contribution in [3.05, 3.63) is 76.8 Å². The van der Waals surface area contributed by atoms with E-state index in [-0.39, 0.29) is 23.6 Å². The number of rotatable bonds is 6. The standard InChI is InChI=1S/C23H24N4O2S/c1-16-9-5-8-14-20(16)27(23(29)19-15-30-26-25-19)21(17-10-3-2-4-11-17)22(28)24-18-12-6-7-13-18/h2-5,8-11,14-15,18,21H,6-7,12-13H2,1H3,(H,24,28)/t21-/m0/s1. The Morgan fingerprint density at radius 1 is 1.07 bits per heavy atom. The minimum Gasteiger partial charge on any atom is -0.351 e. The van der Waals surface area contributed by atoms with E-state index in [9.17, 15) is 9.59 Å². The zero-order valence-corrected chi connectivity index (χ0v) is 17.6. The highest BCUT2D eigenvalue weighted by Crippen LogP contribution is 2.32. The molecule has 0 spiro atoms. The number of benzene rings is 2. The van der Waals surface area contributed by atoms with E-state index < -0.39 is 6.04 Å². The van der Waals surface area contributed by atoms with Crippen molar-refractivity contribution in [3.8, 4) is 0 Å². The lowest BCUT2D eigenvalue weighted by Crippen LogP contribution is -2.46. The average Bonchev–Trinajstić information content (AvgIpc) is 3.47. The summed E-state index contributed by atoms with van der Waals surface area (Å²) in [7, 11) is 0. The van der Waals surface area contributed by atoms with Crippen LogP contribution in [0.4, 0.5) is 5.69 Å². The minimum absolute atomic E-state index is 0.151. The summed E-state index contributed by atoms with van der Waals surface area (Å²) in [6.07, 6.45) is 4.18. The van der Waals surface area contributed by atoms with E-state index in [4.69, 9.17) is 0 Å². The van der Waals surface area contributed by atoms with Gasteiger partial charge in [-0.3, -0.25) is 14.5 Å². The Hall–Kier alpha value is -3.06. The Bertz CT molecular complexity index is 1000. The number of nitrogens with one attached hydrogen (secondary N) is 1. The summed E-state index contributed by atoms with van der Waals surface area (Å²) >= 11 is 1.12. The highest BCUT2D eigenvalue weighted by molar-refractivity contribution is 7.03. The van der Waals surface area contributed by atoms with Crippen molar-refractivity contribution >= 4 is 29.0 Å². The molecule has 1 saturated carbocycles. The molecular weight excluding hydrogens is 396 g/mol. The molecule has 0 radical (unpaired) electrons. The van der Waals surface area contributed by atoms with Crippen LogP contribution in [0.3, 0.4) is 0 Å². The van der Waals surface area contributed by atoms with Crippen LogP contribution in [0.5, 0.6) is 0 Å². The minimum atomic E-state index is -0.804. The van der Waals surface area contributed by atoms with E-state index in [0.29, 0.717) is 5.69 Å². The van der Waals surface area contributed by atoms with Crippen molar-refractivity contribution in [1.29, 1.82) is 0 Å². The number of hydrogen-bond donors (Lipinski definition) is 1. The van der Waals surface area contributed by atoms with Gasteiger partial charge in [0.15, 0.2) is 5.69 Å². The Kier molecular flexibility index (Phi) is 6.18. The second-order valence-corrected chi connectivity index (χ2v) is 8.16. The first-order valence-electron chi connectivity index (χ1n) is 10.2. The monoisotopic (exact) mass is 420 g/mol. The summed E-state index contributed by atoms with van der Waals surface area (Å²) in [5.41, 5.74) is 2.58. The Balaban J connectivity index is 1.80. The molecule has 6 nitrogen and oxygen atoms in total. The fraction of sp³-hybridized carbons (Fsp3) is 0.304. The molecule has 2 aromatic carbocycles. The van der Waals surface area contributed by atoms with Gasteiger partial charge in [0.1, 0.15) is 6.04 Å². The molecule has 0 aliphatic heterocycles. The topological polar surface area (TPSA) is 75.2 Å². The van der Waals surface area contributed by atoms with Crippen molar-refractivity contribution in [3.63, 3.8) is 0 Å². The van der Waals surface area contributed by atoms with Crippen LogP contribution >= 0.6 is 11.5 Å². The number of aryl methyl sites for hydroxylation is 1. The van der Waals surface area contributed by atoms with E-state index in [1.807, 2.05) is 61.5 Å². The van der Waals surface area contributed by atoms with Gasteiger partial charge in [0.2, 0.25) is 5.91 Å². The lowest BCUT2D eigenvalue weighted by molar-refractivity contribution is -0.123. The molecule has 0 saturated heterocycles. The molecule has 0 unspecified atom stereocenters. The Morgan fingerprint density at radius 2 is 1.77 bits per heavy atom. The van der Waals surface area contributed by atoms with Gasteiger partial charge in [0, 0.05) is 17.1 Å². The van der Waals surface area contributed by atoms with Crippen LogP contribution in [0.2, 0.25) is 0 Å². The third-order valence-corrected chi connectivity index (χ3v) is 6.00. The largest absolute Gasteiger partial charge is 0.351 e. The summed E-state index contributed by atoms with van der Waals surface area (Å²) in [4.78, 5) is 28.7. The van der Waals surface area contributed by atoms with Crippen molar-refractivity contribution in [2.45, 2.75) is 44.7 Å². The van der Waals surface area contributed by atoms with Gasteiger partial charge in [-0.15, -0.1) is 5.10 Å². The van der Waals surface area contributed by atoms with Gasteiger partial charge >= 0.3 is 0 Å². The summed E-state index contributed by atoms with van der Waals surface area (Å²) < 4.78 is 3.85. The molecule has 1 aromatic heterocycles. The second-order valence-electron chi connectivity index (χ2n) is 7.55. The first-order chi connectivity index (χ1) is 14.6. The van der Waals surface area contributed by atoms with Gasteiger partial charge in [-0.05, 0) is 48.5 Å². The number of carbonyl (C=O) groups is 2. The van der Waals surface area contributed by atoms with Crippen molar-refractivity contribution in [1.82, 2.24) is 14.9 Å². The molecule has 0 bridgehead atoms. The highest BCUT2D eigenvalue weighted by Gasteiger charge is 2.36. The number of amides is 2. The van der Waals surface area contributed by atoms with Crippen LogP contribution < -0.4 is 10.2 Å². The molecule has 1 aliphatic carbocycles. The maximum Gasteiger partial charge on any atom is 0.280 e. The summed E-state index contributed by atoms with van der Waals surface area (Å²) in [6, 6.07) is 16.4. The lowest BCUT2D eigenvalue weighted by Gasteiger charge is -2.32. The molecule has 1 fully saturated rings. The van der Waals surface area contributed by atoms with Crippen LogP contribution in [0.25, 0.3) is 0 Å². The number of nitrogens with zero attached hydrogens (tertiary/aromatic N) is 3. The molecule has 30 heavy (non-hydrogen) atoms. The number of aromatic nitrogens is 2. The quantitative estimate of drug-likeness (QED) is 0.645. The van der Waals surface area contributed by atoms with E-state index in [2.05, 4.69) is 14.9 Å². The Morgan fingerprint density at radius 3 is 2.43 bits per heavy atom. The first kappa shape index (κ1) is 20.2. The molecule has 154 valence electrons. The molecule has 4 rings (SSSR count). The third-order valence-electron chi connectivity index (χ3n) is 5.50. The van der Waals surface area contributed by atoms with Crippen molar-refractivity contribution < 1.29 is 9.59 Å². The number of hydrogen-bond acceptors (Lipinski definition) is 5. The molecule has 7 heteroatoms. The average molecular weight is 421 g/mol. The van der Waals surface area contributed by atoms with Gasteiger partial charge in [0.05, 0.1) is 0 Å². The second kappa shape index (κ2) is 9.17. The van der Waals surface area contributed by atoms with Gasteiger partial charge in [-0.1, -0.05) is 65.9 Å². The fourth-order valence-electron chi connectivity index (χ4n) is 3.98. The van der Waals surface area contributed by atoms with Gasteiger partial charge in [-0.25, -0.2) is 0 Å². The van der Waals surface area contributed by atoms with Gasteiger partial charge in [-0.2, -0.15) is 0 Å². The number of anilines is 1. The predicted octanol–water partition coefficient (Wildman–Crippen LogP) is 4.29. The number of para-hydroxylation sites is 1. The molecule has 1 heterocycles. The molecular formula is C23H24N4O2S. The molecule has 3 aromatic rings. The number of carbonyl (C=O) groups excluding carboxylic acids is 2. The molecule has 2 amide bonds. The van der Waals surface area contributed by atoms with Gasteiger partial charge in [0.25, 0.3) is 5.91 Å². The SMILES string of the molecule is Cc1ccccc1N(C(=O)c1csnn1)[C@H](C(=O)NC1CCCC1)c1ccccc1. The Labute approximate surface area is 180 Å². The van der Waals surface area contributed by atoms with Crippen LogP contribution in [-0.4, -0.2) is 27.4 Å². The lowest BCUT2D eigenvalue weighted by atomic mass is 10.0. The first-order valence-corrected chi connectivity index (χ1v) is 11.0. The van der Waals surface area contributed by atoms with Crippen molar-refractivity contribution in [2.75, 3.05) is 4.90 Å². The normalized spacial score (nSPS) is 15.0. The fourth-order valence-corrected chi connectivity index (χ4v) is 4.41. The van der Waals surface area contributed by atoms with Crippen LogP contribution in [-0.2, 0) is 4.79 Å². The molecule has 1 N–H and O–H groups in total. The highest BCUT2D eigenvalue weighted by atomic mass is 32.1. The summed E-state index contributed by atoms with van der Waals surface area (Å²) in [5.74, 6) is -0.513. The third kappa shape index (κ3) is 4.26. The molecule has 1 atom stereocenters. The van der Waals surface area contributed by atoms with Crippen LogP contribution in [0.15, 0.2) is 60.0 Å².